The molecule has 0 spiro atoms. The number of carbonyl (C=O) groups is 2. The highest BCUT2D eigenvalue weighted by atomic mass is 79.9. The average molecular weight is 421 g/mol. The summed E-state index contributed by atoms with van der Waals surface area (Å²) in [6, 6.07) is 12.5. The summed E-state index contributed by atoms with van der Waals surface area (Å²) < 4.78 is 11.3. The fraction of sp³-hybridized carbons (Fsp3) is 0.263. The van der Waals surface area contributed by atoms with E-state index in [1.165, 1.54) is 0 Å². The summed E-state index contributed by atoms with van der Waals surface area (Å²) in [5.74, 6) is 0.752. The molecule has 2 rings (SSSR count). The monoisotopic (exact) mass is 420 g/mol. The lowest BCUT2D eigenvalue weighted by Crippen LogP contribution is -2.37. The molecule has 0 aliphatic heterocycles. The fourth-order valence-corrected chi connectivity index (χ4v) is 2.76. The third-order valence-electron chi connectivity index (χ3n) is 3.78. The Hall–Kier alpha value is -2.54. The zero-order chi connectivity index (χ0) is 19.1. The largest absolute Gasteiger partial charge is 0.493 e. The van der Waals surface area contributed by atoms with Gasteiger partial charge in [0.05, 0.1) is 20.8 Å². The molecule has 0 aliphatic rings. The molecule has 0 bridgehead atoms. The van der Waals surface area contributed by atoms with E-state index in [1.807, 2.05) is 18.2 Å². The molecule has 0 fully saturated rings. The highest BCUT2D eigenvalue weighted by Crippen LogP contribution is 2.27. The van der Waals surface area contributed by atoms with E-state index >= 15 is 0 Å². The number of amides is 2. The van der Waals surface area contributed by atoms with Crippen LogP contribution in [0.3, 0.4) is 0 Å². The van der Waals surface area contributed by atoms with Crippen molar-refractivity contribution in [3.63, 3.8) is 0 Å². The summed E-state index contributed by atoms with van der Waals surface area (Å²) >= 11 is 3.32. The standard InChI is InChI=1S/C19H21BrN2O4/c1-22(12-13-7-8-16(25-2)17(9-13)26-3)18(23)11-21-19(24)14-5-4-6-15(20)10-14/h4-10H,11-12H2,1-3H3,(H,21,24). The molecule has 6 nitrogen and oxygen atoms in total. The van der Waals surface area contributed by atoms with Crippen molar-refractivity contribution in [2.75, 3.05) is 27.8 Å². The van der Waals surface area contributed by atoms with Gasteiger partial charge in [0.25, 0.3) is 5.91 Å². The van der Waals surface area contributed by atoms with Crippen molar-refractivity contribution in [1.29, 1.82) is 0 Å². The Labute approximate surface area is 161 Å². The maximum Gasteiger partial charge on any atom is 0.251 e. The summed E-state index contributed by atoms with van der Waals surface area (Å²) in [6.07, 6.45) is 0. The van der Waals surface area contributed by atoms with Crippen LogP contribution >= 0.6 is 15.9 Å². The van der Waals surface area contributed by atoms with Gasteiger partial charge in [0.15, 0.2) is 11.5 Å². The maximum absolute atomic E-state index is 12.3. The highest BCUT2D eigenvalue weighted by Gasteiger charge is 2.13. The Morgan fingerprint density at radius 2 is 1.81 bits per heavy atom. The molecule has 0 atom stereocenters. The molecule has 0 unspecified atom stereocenters. The summed E-state index contributed by atoms with van der Waals surface area (Å²) in [5.41, 5.74) is 1.39. The minimum absolute atomic E-state index is 0.0743. The minimum atomic E-state index is -0.292. The van der Waals surface area contributed by atoms with Gasteiger partial charge in [0.1, 0.15) is 0 Å². The predicted octanol–water partition coefficient (Wildman–Crippen LogP) is 2.85. The molecule has 26 heavy (non-hydrogen) atoms. The molecular weight excluding hydrogens is 400 g/mol. The van der Waals surface area contributed by atoms with Crippen molar-refractivity contribution in [1.82, 2.24) is 10.2 Å². The Morgan fingerprint density at radius 3 is 2.46 bits per heavy atom. The van der Waals surface area contributed by atoms with E-state index in [0.717, 1.165) is 10.0 Å². The lowest BCUT2D eigenvalue weighted by atomic mass is 10.2. The topological polar surface area (TPSA) is 67.9 Å². The smallest absolute Gasteiger partial charge is 0.251 e. The number of methoxy groups -OCH3 is 2. The lowest BCUT2D eigenvalue weighted by molar-refractivity contribution is -0.129. The van der Waals surface area contributed by atoms with E-state index in [-0.39, 0.29) is 18.4 Å². The number of carbonyl (C=O) groups excluding carboxylic acids is 2. The molecular formula is C19H21BrN2O4. The van der Waals surface area contributed by atoms with E-state index in [9.17, 15) is 9.59 Å². The van der Waals surface area contributed by atoms with Gasteiger partial charge >= 0.3 is 0 Å². The Kier molecular flexibility index (Phi) is 7.03. The number of benzene rings is 2. The SMILES string of the molecule is COc1ccc(CN(C)C(=O)CNC(=O)c2cccc(Br)c2)cc1OC. The number of rotatable bonds is 7. The summed E-state index contributed by atoms with van der Waals surface area (Å²) in [6.45, 7) is 0.321. The Morgan fingerprint density at radius 1 is 1.08 bits per heavy atom. The number of hydrogen-bond acceptors (Lipinski definition) is 4. The Bertz CT molecular complexity index is 795. The highest BCUT2D eigenvalue weighted by molar-refractivity contribution is 9.10. The minimum Gasteiger partial charge on any atom is -0.493 e. The molecule has 0 aliphatic carbocycles. The first-order chi connectivity index (χ1) is 12.4. The summed E-state index contributed by atoms with van der Waals surface area (Å²) in [5, 5.41) is 2.64. The average Bonchev–Trinajstić information content (AvgIpc) is 2.65. The van der Waals surface area contributed by atoms with Crippen LogP contribution in [-0.2, 0) is 11.3 Å². The van der Waals surface area contributed by atoms with Gasteiger partial charge in [-0.05, 0) is 35.9 Å². The van der Waals surface area contributed by atoms with Crippen molar-refractivity contribution in [3.8, 4) is 11.5 Å². The second kappa shape index (κ2) is 9.24. The molecule has 2 aromatic carbocycles. The van der Waals surface area contributed by atoms with E-state index in [0.29, 0.717) is 23.6 Å². The van der Waals surface area contributed by atoms with Crippen LogP contribution in [-0.4, -0.2) is 44.5 Å². The normalized spacial score (nSPS) is 10.2. The van der Waals surface area contributed by atoms with Crippen molar-refractivity contribution < 1.29 is 19.1 Å². The molecule has 0 aromatic heterocycles. The number of nitrogens with one attached hydrogen (secondary N) is 1. The van der Waals surface area contributed by atoms with Crippen LogP contribution < -0.4 is 14.8 Å². The van der Waals surface area contributed by atoms with Crippen LogP contribution in [0.5, 0.6) is 11.5 Å². The van der Waals surface area contributed by atoms with Gasteiger partial charge in [-0.15, -0.1) is 0 Å². The molecule has 1 N–H and O–H groups in total. The van der Waals surface area contributed by atoms with Crippen LogP contribution in [0.25, 0.3) is 0 Å². The van der Waals surface area contributed by atoms with Crippen molar-refractivity contribution in [2.45, 2.75) is 6.54 Å². The molecule has 0 saturated heterocycles. The first-order valence-corrected chi connectivity index (χ1v) is 8.72. The number of hydrogen-bond donors (Lipinski definition) is 1. The second-order valence-electron chi connectivity index (χ2n) is 5.63. The van der Waals surface area contributed by atoms with Crippen LogP contribution in [0.1, 0.15) is 15.9 Å². The molecule has 2 aromatic rings. The van der Waals surface area contributed by atoms with Gasteiger partial charge in [-0.1, -0.05) is 28.1 Å². The fourth-order valence-electron chi connectivity index (χ4n) is 2.36. The maximum atomic E-state index is 12.3. The van der Waals surface area contributed by atoms with E-state index < -0.39 is 0 Å². The molecule has 2 amide bonds. The van der Waals surface area contributed by atoms with E-state index in [2.05, 4.69) is 21.2 Å². The zero-order valence-electron chi connectivity index (χ0n) is 14.9. The van der Waals surface area contributed by atoms with Crippen LogP contribution in [0.2, 0.25) is 0 Å². The number of halogens is 1. The van der Waals surface area contributed by atoms with Gasteiger partial charge in [-0.2, -0.15) is 0 Å². The van der Waals surface area contributed by atoms with Crippen LogP contribution in [0.4, 0.5) is 0 Å². The lowest BCUT2D eigenvalue weighted by Gasteiger charge is -2.18. The van der Waals surface area contributed by atoms with Crippen molar-refractivity contribution in [2.24, 2.45) is 0 Å². The molecule has 0 heterocycles. The molecule has 7 heteroatoms. The number of nitrogens with zero attached hydrogens (tertiary/aromatic N) is 1. The third-order valence-corrected chi connectivity index (χ3v) is 4.27. The number of ether oxygens (including phenoxy) is 2. The summed E-state index contributed by atoms with van der Waals surface area (Å²) in [7, 11) is 4.82. The molecule has 138 valence electrons. The van der Waals surface area contributed by atoms with E-state index in [1.54, 1.807) is 50.4 Å². The van der Waals surface area contributed by atoms with Gasteiger partial charge in [0.2, 0.25) is 5.91 Å². The number of likely N-dealkylation sites (N-methyl/N-ethyl adjacent to an activating group) is 1. The van der Waals surface area contributed by atoms with Gasteiger partial charge in [0, 0.05) is 23.6 Å². The predicted molar refractivity (Wildman–Crippen MR) is 102 cm³/mol. The van der Waals surface area contributed by atoms with Crippen molar-refractivity contribution in [3.05, 3.63) is 58.1 Å². The van der Waals surface area contributed by atoms with Gasteiger partial charge < -0.3 is 19.7 Å². The third kappa shape index (κ3) is 5.23. The Balaban J connectivity index is 1.92. The zero-order valence-corrected chi connectivity index (χ0v) is 16.5. The quantitative estimate of drug-likeness (QED) is 0.747. The first kappa shape index (κ1) is 19.8. The molecule has 0 saturated carbocycles. The first-order valence-electron chi connectivity index (χ1n) is 7.93. The van der Waals surface area contributed by atoms with Crippen LogP contribution in [0, 0.1) is 0 Å². The van der Waals surface area contributed by atoms with Gasteiger partial charge in [-0.3, -0.25) is 9.59 Å². The molecule has 0 radical (unpaired) electrons. The van der Waals surface area contributed by atoms with E-state index in [4.69, 9.17) is 9.47 Å². The second-order valence-corrected chi connectivity index (χ2v) is 6.55. The van der Waals surface area contributed by atoms with Crippen molar-refractivity contribution >= 4 is 27.7 Å². The van der Waals surface area contributed by atoms with Gasteiger partial charge in [-0.25, -0.2) is 0 Å². The summed E-state index contributed by atoms with van der Waals surface area (Å²) in [4.78, 5) is 25.9. The van der Waals surface area contributed by atoms with Crippen LogP contribution in [0.15, 0.2) is 46.9 Å².